The van der Waals surface area contributed by atoms with E-state index in [1.807, 2.05) is 18.2 Å². The van der Waals surface area contributed by atoms with Crippen LogP contribution in [0.25, 0.3) is 0 Å². The van der Waals surface area contributed by atoms with E-state index in [4.69, 9.17) is 18.9 Å². The molecule has 0 spiro atoms. The molecule has 2 saturated heterocycles. The second-order valence-corrected chi connectivity index (χ2v) is 6.55. The summed E-state index contributed by atoms with van der Waals surface area (Å²) < 4.78 is 22.4. The lowest BCUT2D eigenvalue weighted by Gasteiger charge is -2.26. The molecule has 2 aliphatic heterocycles. The maximum Gasteiger partial charge on any atom is 0.190 e. The van der Waals surface area contributed by atoms with Crippen molar-refractivity contribution in [2.45, 2.75) is 56.9 Å². The normalized spacial score (nSPS) is 32.5. The zero-order valence-corrected chi connectivity index (χ0v) is 13.9. The Morgan fingerprint density at radius 2 is 2.17 bits per heavy atom. The maximum absolute atomic E-state index is 10.6. The van der Waals surface area contributed by atoms with Crippen LogP contribution in [0.3, 0.4) is 0 Å². The number of aliphatic hydroxyl groups is 2. The van der Waals surface area contributed by atoms with Gasteiger partial charge >= 0.3 is 0 Å². The van der Waals surface area contributed by atoms with E-state index in [0.717, 1.165) is 5.56 Å². The summed E-state index contributed by atoms with van der Waals surface area (Å²) in [6, 6.07) is 7.37. The van der Waals surface area contributed by atoms with Gasteiger partial charge in [-0.3, -0.25) is 0 Å². The van der Waals surface area contributed by atoms with E-state index in [9.17, 15) is 10.2 Å². The minimum Gasteiger partial charge on any atom is -0.387 e. The largest absolute Gasteiger partial charge is 0.387 e. The van der Waals surface area contributed by atoms with Crippen molar-refractivity contribution in [3.8, 4) is 0 Å². The second-order valence-electron chi connectivity index (χ2n) is 6.55. The topological polar surface area (TPSA) is 77.4 Å². The Balaban J connectivity index is 1.68. The lowest BCUT2D eigenvalue weighted by atomic mass is 9.98. The van der Waals surface area contributed by atoms with Gasteiger partial charge in [-0.15, -0.1) is 6.58 Å². The average molecular weight is 336 g/mol. The molecular weight excluding hydrogens is 312 g/mol. The molecule has 1 aromatic carbocycles. The molecule has 1 unspecified atom stereocenters. The molecule has 24 heavy (non-hydrogen) atoms. The SMILES string of the molecule is C=CCOCc1cccc([C@H](O)[C@@H]2O[C@H]3OC(C)(C)O[C@H]3C2O)c1. The third-order valence-corrected chi connectivity index (χ3v) is 4.16. The van der Waals surface area contributed by atoms with Crippen LogP contribution in [0.2, 0.25) is 0 Å². The Morgan fingerprint density at radius 3 is 2.88 bits per heavy atom. The molecule has 6 heteroatoms. The van der Waals surface area contributed by atoms with Crippen LogP contribution in [-0.4, -0.2) is 47.2 Å². The Hall–Kier alpha value is -1.28. The van der Waals surface area contributed by atoms with Crippen LogP contribution in [0.5, 0.6) is 0 Å². The van der Waals surface area contributed by atoms with Crippen LogP contribution in [0, 0.1) is 0 Å². The molecule has 0 radical (unpaired) electrons. The Labute approximate surface area is 141 Å². The number of aliphatic hydroxyl groups excluding tert-OH is 2. The van der Waals surface area contributed by atoms with Crippen molar-refractivity contribution in [2.75, 3.05) is 6.61 Å². The number of ether oxygens (including phenoxy) is 4. The molecule has 0 aromatic heterocycles. The molecule has 0 aliphatic carbocycles. The first-order chi connectivity index (χ1) is 11.4. The van der Waals surface area contributed by atoms with E-state index in [-0.39, 0.29) is 0 Å². The molecule has 2 aliphatic rings. The monoisotopic (exact) mass is 336 g/mol. The maximum atomic E-state index is 10.6. The molecule has 2 fully saturated rings. The van der Waals surface area contributed by atoms with Crippen molar-refractivity contribution in [1.82, 2.24) is 0 Å². The number of fused-ring (bicyclic) bond motifs is 1. The highest BCUT2D eigenvalue weighted by Gasteiger charge is 2.56. The molecule has 3 rings (SSSR count). The van der Waals surface area contributed by atoms with Crippen molar-refractivity contribution in [1.29, 1.82) is 0 Å². The molecule has 0 amide bonds. The van der Waals surface area contributed by atoms with Gasteiger partial charge in [-0.1, -0.05) is 30.3 Å². The smallest absolute Gasteiger partial charge is 0.190 e. The number of hydrogen-bond acceptors (Lipinski definition) is 6. The highest BCUT2D eigenvalue weighted by molar-refractivity contribution is 5.26. The van der Waals surface area contributed by atoms with Gasteiger partial charge < -0.3 is 29.2 Å². The van der Waals surface area contributed by atoms with Crippen LogP contribution in [0.15, 0.2) is 36.9 Å². The number of rotatable bonds is 6. The van der Waals surface area contributed by atoms with Crippen molar-refractivity contribution in [3.05, 3.63) is 48.0 Å². The summed E-state index contributed by atoms with van der Waals surface area (Å²) >= 11 is 0. The van der Waals surface area contributed by atoms with Gasteiger partial charge in [-0.2, -0.15) is 0 Å². The summed E-state index contributed by atoms with van der Waals surface area (Å²) in [5.41, 5.74) is 1.58. The van der Waals surface area contributed by atoms with Crippen molar-refractivity contribution < 1.29 is 29.2 Å². The van der Waals surface area contributed by atoms with Crippen LogP contribution in [-0.2, 0) is 25.6 Å². The fourth-order valence-corrected chi connectivity index (χ4v) is 3.09. The quantitative estimate of drug-likeness (QED) is 0.608. The minimum atomic E-state index is -0.986. The second kappa shape index (κ2) is 6.92. The van der Waals surface area contributed by atoms with E-state index in [1.165, 1.54) is 0 Å². The van der Waals surface area contributed by atoms with Gasteiger partial charge in [0.05, 0.1) is 13.2 Å². The van der Waals surface area contributed by atoms with Gasteiger partial charge in [0.1, 0.15) is 24.4 Å². The molecule has 2 heterocycles. The molecule has 132 valence electrons. The summed E-state index contributed by atoms with van der Waals surface area (Å²) in [7, 11) is 0. The molecule has 2 N–H and O–H groups in total. The van der Waals surface area contributed by atoms with E-state index >= 15 is 0 Å². The Morgan fingerprint density at radius 1 is 1.38 bits per heavy atom. The number of hydrogen-bond donors (Lipinski definition) is 2. The Bertz CT molecular complexity index is 587. The van der Waals surface area contributed by atoms with E-state index in [0.29, 0.717) is 18.8 Å². The van der Waals surface area contributed by atoms with E-state index in [2.05, 4.69) is 6.58 Å². The van der Waals surface area contributed by atoms with Crippen LogP contribution in [0.4, 0.5) is 0 Å². The van der Waals surface area contributed by atoms with E-state index in [1.54, 1.807) is 26.0 Å². The van der Waals surface area contributed by atoms with Gasteiger partial charge in [-0.25, -0.2) is 0 Å². The molecule has 0 bridgehead atoms. The Kier molecular flexibility index (Phi) is 5.05. The third-order valence-electron chi connectivity index (χ3n) is 4.16. The molecule has 0 saturated carbocycles. The van der Waals surface area contributed by atoms with Gasteiger partial charge in [0.25, 0.3) is 0 Å². The molecule has 5 atom stereocenters. The minimum absolute atomic E-state index is 0.423. The lowest BCUT2D eigenvalue weighted by molar-refractivity contribution is -0.226. The summed E-state index contributed by atoms with van der Waals surface area (Å²) in [5.74, 6) is -0.797. The highest BCUT2D eigenvalue weighted by Crippen LogP contribution is 2.40. The predicted octanol–water partition coefficient (Wildman–Crippen LogP) is 1.66. The van der Waals surface area contributed by atoms with Gasteiger partial charge in [0, 0.05) is 0 Å². The van der Waals surface area contributed by atoms with Crippen LogP contribution in [0.1, 0.15) is 31.1 Å². The summed E-state index contributed by atoms with van der Waals surface area (Å²) in [4.78, 5) is 0. The van der Waals surface area contributed by atoms with Crippen LogP contribution < -0.4 is 0 Å². The predicted molar refractivity (Wildman–Crippen MR) is 86.0 cm³/mol. The molecular formula is C18H24O6. The fraction of sp³-hybridized carbons (Fsp3) is 0.556. The first-order valence-corrected chi connectivity index (χ1v) is 8.06. The fourth-order valence-electron chi connectivity index (χ4n) is 3.09. The standard InChI is InChI=1S/C18H24O6/c1-4-8-21-10-11-6-5-7-12(9-11)13(19)15-14(20)16-17(22-15)24-18(2,3)23-16/h4-7,9,13-17,19-20H,1,8,10H2,2-3H3/t13-,14?,15-,16-,17-/m0/s1. The van der Waals surface area contributed by atoms with Crippen molar-refractivity contribution in [2.24, 2.45) is 0 Å². The van der Waals surface area contributed by atoms with Gasteiger partial charge in [-0.05, 0) is 25.0 Å². The van der Waals surface area contributed by atoms with Gasteiger partial charge in [0.15, 0.2) is 12.1 Å². The molecule has 6 nitrogen and oxygen atoms in total. The summed E-state index contributed by atoms with van der Waals surface area (Å²) in [6.45, 7) is 8.02. The number of benzene rings is 1. The summed E-state index contributed by atoms with van der Waals surface area (Å²) in [5, 5.41) is 21.1. The zero-order chi connectivity index (χ0) is 17.3. The summed E-state index contributed by atoms with van der Waals surface area (Å²) in [6.07, 6.45) is -2.34. The highest BCUT2D eigenvalue weighted by atomic mass is 16.8. The van der Waals surface area contributed by atoms with Crippen LogP contribution >= 0.6 is 0 Å². The van der Waals surface area contributed by atoms with Crippen molar-refractivity contribution in [3.63, 3.8) is 0 Å². The van der Waals surface area contributed by atoms with E-state index < -0.39 is 36.5 Å². The van der Waals surface area contributed by atoms with Gasteiger partial charge in [0.2, 0.25) is 0 Å². The zero-order valence-electron chi connectivity index (χ0n) is 13.9. The van der Waals surface area contributed by atoms with Crippen molar-refractivity contribution >= 4 is 0 Å². The third kappa shape index (κ3) is 3.54. The first-order valence-electron chi connectivity index (χ1n) is 8.06. The lowest BCUT2D eigenvalue weighted by Crippen LogP contribution is -2.37. The average Bonchev–Trinajstić information content (AvgIpc) is 3.00. The first kappa shape index (κ1) is 17.5. The molecule has 1 aromatic rings.